The number of likely N-dealkylation sites (N-methyl/N-ethyl adjacent to an activating group) is 1. The fourth-order valence-electron chi connectivity index (χ4n) is 0.945. The first kappa shape index (κ1) is 14.3. The van der Waals surface area contributed by atoms with E-state index in [1.807, 2.05) is 0 Å². The Morgan fingerprint density at radius 2 is 2.15 bits per heavy atom. The molecule has 0 spiro atoms. The van der Waals surface area contributed by atoms with Crippen LogP contribution in [0.5, 0.6) is 0 Å². The third kappa shape index (κ3) is 7.10. The van der Waals surface area contributed by atoms with Gasteiger partial charge in [0.2, 0.25) is 0 Å². The molecular weight excluding hydrogens is 168 g/mol. The molecule has 0 aliphatic carbocycles. The van der Waals surface area contributed by atoms with E-state index >= 15 is 0 Å². The van der Waals surface area contributed by atoms with Crippen LogP contribution in [0.3, 0.4) is 0 Å². The molecule has 0 saturated carbocycles. The van der Waals surface area contributed by atoms with Crippen LogP contribution in [0.2, 0.25) is 0 Å². The Balaban J connectivity index is -0.000000218. The molecule has 13 heavy (non-hydrogen) atoms. The van der Waals surface area contributed by atoms with Gasteiger partial charge in [0.05, 0.1) is 6.34 Å². The van der Waals surface area contributed by atoms with Crippen molar-refractivity contribution >= 4 is 6.34 Å². The molecule has 1 aliphatic heterocycles. The van der Waals surface area contributed by atoms with E-state index in [9.17, 15) is 0 Å². The lowest BCUT2D eigenvalue weighted by Gasteiger charge is -2.25. The van der Waals surface area contributed by atoms with Crippen LogP contribution in [0.15, 0.2) is 11.9 Å². The maximum absolute atomic E-state index is 5.86. The average molecular weight is 190 g/mol. The molecule has 1 rings (SSSR count). The van der Waals surface area contributed by atoms with Crippen molar-refractivity contribution in [1.82, 2.24) is 16.4 Å². The van der Waals surface area contributed by atoms with Gasteiger partial charge in [0.25, 0.3) is 0 Å². The van der Waals surface area contributed by atoms with E-state index in [0.717, 1.165) is 31.7 Å². The molecule has 0 aromatic carbocycles. The van der Waals surface area contributed by atoms with Crippen LogP contribution >= 0.6 is 0 Å². The second-order valence-corrected chi connectivity index (χ2v) is 2.52. The third-order valence-electron chi connectivity index (χ3n) is 1.49. The van der Waals surface area contributed by atoms with Crippen molar-refractivity contribution in [3.8, 4) is 0 Å². The van der Waals surface area contributed by atoms with Crippen molar-refractivity contribution in [1.29, 1.82) is 5.41 Å². The van der Waals surface area contributed by atoms with Crippen LogP contribution in [-0.4, -0.2) is 37.9 Å². The highest BCUT2D eigenvalue weighted by Gasteiger charge is 2.06. The summed E-state index contributed by atoms with van der Waals surface area (Å²) in [6.07, 6.45) is 2.38. The minimum Gasteiger partial charge on any atom is -0.403 e. The fourth-order valence-corrected chi connectivity index (χ4v) is 0.945. The van der Waals surface area contributed by atoms with E-state index < -0.39 is 0 Å². The zero-order chi connectivity index (χ0) is 9.40. The van der Waals surface area contributed by atoms with Crippen molar-refractivity contribution in [3.05, 3.63) is 11.9 Å². The molecule has 0 bridgehead atoms. The molecule has 6 heteroatoms. The van der Waals surface area contributed by atoms with E-state index in [0.29, 0.717) is 0 Å². The summed E-state index contributed by atoms with van der Waals surface area (Å²) in [4.78, 5) is 2.23. The monoisotopic (exact) mass is 190 g/mol. The van der Waals surface area contributed by atoms with Crippen molar-refractivity contribution in [2.24, 2.45) is 11.5 Å². The van der Waals surface area contributed by atoms with Gasteiger partial charge in [-0.25, -0.2) is 0 Å². The Hall–Kier alpha value is -1.27. The molecule has 6 nitrogen and oxygen atoms in total. The predicted molar refractivity (Wildman–Crippen MR) is 57.9 cm³/mol. The van der Waals surface area contributed by atoms with Gasteiger partial charge in [-0.15, -0.1) is 0 Å². The van der Waals surface area contributed by atoms with Crippen LogP contribution in [0.1, 0.15) is 1.43 Å². The molecule has 0 amide bonds. The molecule has 80 valence electrons. The largest absolute Gasteiger partial charge is 0.403 e. The highest BCUT2D eigenvalue weighted by molar-refractivity contribution is 5.46. The number of nitrogens with zero attached hydrogens (tertiary/aromatic N) is 1. The van der Waals surface area contributed by atoms with Crippen LogP contribution in [0.4, 0.5) is 0 Å². The lowest BCUT2D eigenvalue weighted by Crippen LogP contribution is -2.39. The normalized spacial score (nSPS) is 19.0. The summed E-state index contributed by atoms with van der Waals surface area (Å²) in [7, 11) is 2.09. The zero-order valence-electron chi connectivity index (χ0n) is 8.09. The van der Waals surface area contributed by atoms with Gasteiger partial charge in [0.1, 0.15) is 0 Å². The van der Waals surface area contributed by atoms with Gasteiger partial charge in [-0.3, -0.25) is 10.3 Å². The zero-order valence-corrected chi connectivity index (χ0v) is 8.09. The first-order valence-electron chi connectivity index (χ1n) is 3.78. The van der Waals surface area contributed by atoms with E-state index in [2.05, 4.69) is 23.0 Å². The van der Waals surface area contributed by atoms with Crippen LogP contribution in [0, 0.1) is 5.41 Å². The second-order valence-electron chi connectivity index (χ2n) is 2.52. The van der Waals surface area contributed by atoms with Gasteiger partial charge in [-0.1, -0.05) is 0 Å². The van der Waals surface area contributed by atoms with Gasteiger partial charge < -0.3 is 22.9 Å². The Morgan fingerprint density at radius 1 is 1.62 bits per heavy atom. The number of hydrogen-bond acceptors (Lipinski definition) is 5. The van der Waals surface area contributed by atoms with Gasteiger partial charge in [-0.2, -0.15) is 0 Å². The summed E-state index contributed by atoms with van der Waals surface area (Å²) in [6, 6.07) is 0. The van der Waals surface area contributed by atoms with Crippen LogP contribution in [-0.2, 0) is 0 Å². The molecule has 1 aliphatic rings. The highest BCUT2D eigenvalue weighted by atomic mass is 15.2. The lowest BCUT2D eigenvalue weighted by molar-refractivity contribution is 0.322. The quantitative estimate of drug-likeness (QED) is 0.254. The highest BCUT2D eigenvalue weighted by Crippen LogP contribution is 1.95. The molecule has 0 aromatic heterocycles. The number of nitrogens with one attached hydrogen (secondary N) is 2. The first-order chi connectivity index (χ1) is 5.74. The summed E-state index contributed by atoms with van der Waals surface area (Å²) < 4.78 is 0. The molecular formula is C7H22N6. The first-order valence-corrected chi connectivity index (χ1v) is 3.78. The summed E-state index contributed by atoms with van der Waals surface area (Å²) >= 11 is 0. The Kier molecular flexibility index (Phi) is 9.68. The number of nitrogens with two attached hydrogens (primary N) is 2. The van der Waals surface area contributed by atoms with Gasteiger partial charge in [0.15, 0.2) is 0 Å². The number of hydrogen-bond donors (Lipinski definition) is 5. The Morgan fingerprint density at radius 3 is 2.46 bits per heavy atom. The molecule has 0 aromatic rings. The van der Waals surface area contributed by atoms with Crippen molar-refractivity contribution in [3.63, 3.8) is 0 Å². The van der Waals surface area contributed by atoms with Crippen molar-refractivity contribution in [2.75, 3.05) is 26.7 Å². The van der Waals surface area contributed by atoms with Gasteiger partial charge in [-0.05, 0) is 7.05 Å². The number of rotatable bonds is 0. The van der Waals surface area contributed by atoms with Crippen LogP contribution < -0.4 is 22.9 Å². The van der Waals surface area contributed by atoms with E-state index in [1.165, 1.54) is 0 Å². The van der Waals surface area contributed by atoms with Crippen molar-refractivity contribution < 1.29 is 1.43 Å². The molecule has 0 atom stereocenters. The fraction of sp³-hybridized carbons (Fsp3) is 0.571. The maximum Gasteiger partial charge on any atom is 0.0765 e. The average Bonchev–Trinajstić information content (AvgIpc) is 2.06. The summed E-state index contributed by atoms with van der Waals surface area (Å²) in [5, 5.41) is 9.05. The minimum atomic E-state index is 0. The maximum atomic E-state index is 5.86. The smallest absolute Gasteiger partial charge is 0.0765 e. The molecule has 1 heterocycles. The summed E-state index contributed by atoms with van der Waals surface area (Å²) in [6.45, 7) is 3.08. The van der Waals surface area contributed by atoms with Gasteiger partial charge in [0, 0.05) is 33.0 Å². The minimum absolute atomic E-state index is 0. The summed E-state index contributed by atoms with van der Waals surface area (Å²) in [5.41, 5.74) is 10.8. The number of piperazine rings is 1. The summed E-state index contributed by atoms with van der Waals surface area (Å²) in [5.74, 6) is 0. The SMILES string of the molecule is CN1CCN/C(=C\N)C1.N.N=CN.[HH]. The third-order valence-corrected chi connectivity index (χ3v) is 1.49. The molecule has 0 unspecified atom stereocenters. The molecule has 1 fully saturated rings. The van der Waals surface area contributed by atoms with Crippen LogP contribution in [0.25, 0.3) is 0 Å². The Labute approximate surface area is 80.5 Å². The van der Waals surface area contributed by atoms with Crippen molar-refractivity contribution in [2.45, 2.75) is 0 Å². The molecule has 9 N–H and O–H groups in total. The standard InChI is InChI=1S/C6H13N3.CH4N2.H3N.H2/c1-9-3-2-8-6(4-7)5-9;2-1-3;;/h4,8H,2-3,5,7H2,1H3;1H,(H3,2,3);1H3;1H/b6-4-;;;. The lowest BCUT2D eigenvalue weighted by atomic mass is 10.3. The molecule has 1 saturated heterocycles. The van der Waals surface area contributed by atoms with E-state index in [4.69, 9.17) is 11.1 Å². The molecule has 0 radical (unpaired) electrons. The predicted octanol–water partition coefficient (Wildman–Crippen LogP) is -0.718. The van der Waals surface area contributed by atoms with Gasteiger partial charge >= 0.3 is 0 Å². The second kappa shape index (κ2) is 8.82. The van der Waals surface area contributed by atoms with E-state index in [1.54, 1.807) is 6.20 Å². The van der Waals surface area contributed by atoms with E-state index in [-0.39, 0.29) is 7.58 Å². The topological polar surface area (TPSA) is 126 Å². The Bertz CT molecular complexity index is 160.